The van der Waals surface area contributed by atoms with E-state index in [4.69, 9.17) is 21.0 Å². The average molecular weight is 400 g/mol. The van der Waals surface area contributed by atoms with E-state index in [1.54, 1.807) is 26.0 Å². The molecule has 21 heavy (non-hydrogen) atoms. The van der Waals surface area contributed by atoms with Gasteiger partial charge < -0.3 is 14.6 Å². The van der Waals surface area contributed by atoms with Crippen LogP contribution in [0.15, 0.2) is 18.2 Å². The van der Waals surface area contributed by atoms with E-state index in [0.29, 0.717) is 11.3 Å². The van der Waals surface area contributed by atoms with Crippen molar-refractivity contribution < 1.29 is 19.4 Å². The van der Waals surface area contributed by atoms with Crippen molar-refractivity contribution in [3.05, 3.63) is 27.3 Å². The second-order valence-corrected chi connectivity index (χ2v) is 5.50. The first-order valence-corrected chi connectivity index (χ1v) is 6.98. The van der Waals surface area contributed by atoms with Gasteiger partial charge in [-0.1, -0.05) is 11.8 Å². The maximum atomic E-state index is 11.6. The summed E-state index contributed by atoms with van der Waals surface area (Å²) < 4.78 is 11.3. The van der Waals surface area contributed by atoms with Crippen molar-refractivity contribution >= 4 is 28.6 Å². The summed E-state index contributed by atoms with van der Waals surface area (Å²) >= 11 is 2.11. The minimum Gasteiger partial charge on any atom is -0.474 e. The number of hydrogen-bond donors (Lipinski definition) is 1. The molecule has 1 N–H and O–H groups in total. The summed E-state index contributed by atoms with van der Waals surface area (Å²) in [5, 5.41) is 7.64. The Labute approximate surface area is 139 Å². The highest BCUT2D eigenvalue weighted by Gasteiger charge is 2.21. The molecule has 0 fully saturated rings. The first kappa shape index (κ1) is 19.3. The van der Waals surface area contributed by atoms with Crippen LogP contribution in [0.4, 0.5) is 0 Å². The molecule has 0 saturated carbocycles. The van der Waals surface area contributed by atoms with Crippen LogP contribution in [-0.2, 0) is 4.74 Å². The number of benzene rings is 1. The third kappa shape index (κ3) is 7.03. The number of halogens is 1. The van der Waals surface area contributed by atoms with E-state index >= 15 is 0 Å². The summed E-state index contributed by atoms with van der Waals surface area (Å²) in [7, 11) is 1.33. The Morgan fingerprint density at radius 1 is 1.43 bits per heavy atom. The highest BCUT2D eigenvalue weighted by Crippen LogP contribution is 2.25. The Balaban J connectivity index is 0.000000885. The molecule has 112 valence electrons. The van der Waals surface area contributed by atoms with Crippen LogP contribution < -0.4 is 4.74 Å². The maximum Gasteiger partial charge on any atom is 0.341 e. The third-order valence-corrected chi connectivity index (χ3v) is 2.82. The van der Waals surface area contributed by atoms with Gasteiger partial charge in [0.1, 0.15) is 17.9 Å². The van der Waals surface area contributed by atoms with Crippen molar-refractivity contribution in [3.63, 3.8) is 0 Å². The van der Waals surface area contributed by atoms with Crippen LogP contribution in [0.3, 0.4) is 0 Å². The monoisotopic (exact) mass is 400 g/mol. The standard InChI is InChI=1S/C13H13IO3.C3H4O/c1-5-13(2,3)17-11-7-6-9(14)8-10(11)12(15)16-4;1-2-3-4/h1,6-8H,2-4H3;1,4H,3H2. The Morgan fingerprint density at radius 3 is 2.43 bits per heavy atom. The zero-order valence-electron chi connectivity index (χ0n) is 12.1. The van der Waals surface area contributed by atoms with Gasteiger partial charge in [0.05, 0.1) is 7.11 Å². The second-order valence-electron chi connectivity index (χ2n) is 4.25. The normalized spacial score (nSPS) is 9.48. The van der Waals surface area contributed by atoms with E-state index in [2.05, 4.69) is 34.9 Å². The molecule has 5 heteroatoms. The molecule has 1 aromatic carbocycles. The molecule has 4 nitrogen and oxygen atoms in total. The van der Waals surface area contributed by atoms with Crippen LogP contribution in [-0.4, -0.2) is 30.4 Å². The predicted octanol–water partition coefficient (Wildman–Crippen LogP) is 2.48. The number of esters is 1. The zero-order valence-corrected chi connectivity index (χ0v) is 14.3. The molecule has 0 amide bonds. The average Bonchev–Trinajstić information content (AvgIpc) is 2.48. The van der Waals surface area contributed by atoms with Crippen LogP contribution in [0, 0.1) is 28.3 Å². The van der Waals surface area contributed by atoms with Gasteiger partial charge in [-0.2, -0.15) is 0 Å². The van der Waals surface area contributed by atoms with Gasteiger partial charge in [-0.3, -0.25) is 0 Å². The minimum atomic E-state index is -0.768. The summed E-state index contributed by atoms with van der Waals surface area (Å²) in [4.78, 5) is 11.6. The van der Waals surface area contributed by atoms with Gasteiger partial charge in [-0.15, -0.1) is 12.8 Å². The van der Waals surface area contributed by atoms with E-state index in [9.17, 15) is 4.79 Å². The summed E-state index contributed by atoms with van der Waals surface area (Å²) in [5.41, 5.74) is -0.391. The molecule has 0 saturated heterocycles. The number of ether oxygens (including phenoxy) is 2. The highest BCUT2D eigenvalue weighted by atomic mass is 127. The Hall–Kier alpha value is -1.70. The van der Waals surface area contributed by atoms with Crippen LogP contribution in [0.2, 0.25) is 0 Å². The first-order chi connectivity index (χ1) is 9.81. The molecule has 0 atom stereocenters. The lowest BCUT2D eigenvalue weighted by atomic mass is 10.1. The third-order valence-electron chi connectivity index (χ3n) is 2.15. The molecule has 0 aromatic heterocycles. The van der Waals surface area contributed by atoms with Crippen LogP contribution in [0.25, 0.3) is 0 Å². The molecule has 0 unspecified atom stereocenters. The van der Waals surface area contributed by atoms with E-state index in [1.807, 2.05) is 12.0 Å². The number of methoxy groups -OCH3 is 1. The molecule has 0 aliphatic carbocycles. The van der Waals surface area contributed by atoms with Crippen LogP contribution in [0.1, 0.15) is 24.2 Å². The van der Waals surface area contributed by atoms with Crippen molar-refractivity contribution in [1.29, 1.82) is 0 Å². The van der Waals surface area contributed by atoms with E-state index in [1.165, 1.54) is 7.11 Å². The van der Waals surface area contributed by atoms with Crippen molar-refractivity contribution in [2.24, 2.45) is 0 Å². The Morgan fingerprint density at radius 2 is 2.00 bits per heavy atom. The quantitative estimate of drug-likeness (QED) is 0.481. The number of aliphatic hydroxyl groups excluding tert-OH is 1. The lowest BCUT2D eigenvalue weighted by Crippen LogP contribution is -2.26. The van der Waals surface area contributed by atoms with Gasteiger partial charge in [-0.25, -0.2) is 4.79 Å². The number of aliphatic hydroxyl groups is 1. The fourth-order valence-electron chi connectivity index (χ4n) is 1.17. The topological polar surface area (TPSA) is 55.8 Å². The Bertz CT molecular complexity index is 565. The minimum absolute atomic E-state index is 0.153. The summed E-state index contributed by atoms with van der Waals surface area (Å²) in [6.45, 7) is 3.36. The SMILES string of the molecule is C#CC(C)(C)Oc1ccc(I)cc1C(=O)OC.C#CCO. The largest absolute Gasteiger partial charge is 0.474 e. The van der Waals surface area contributed by atoms with E-state index < -0.39 is 11.6 Å². The predicted molar refractivity (Wildman–Crippen MR) is 90.0 cm³/mol. The smallest absolute Gasteiger partial charge is 0.341 e. The second kappa shape index (κ2) is 9.28. The fourth-order valence-corrected chi connectivity index (χ4v) is 1.66. The number of hydrogen-bond acceptors (Lipinski definition) is 4. The summed E-state index contributed by atoms with van der Waals surface area (Å²) in [6.07, 6.45) is 9.88. The molecule has 0 aliphatic heterocycles. The molecule has 0 aliphatic rings. The number of terminal acetylenes is 2. The summed E-state index contributed by atoms with van der Waals surface area (Å²) in [5.74, 6) is 4.49. The maximum absolute atomic E-state index is 11.6. The number of rotatable bonds is 3. The zero-order chi connectivity index (χ0) is 16.5. The molecule has 0 bridgehead atoms. The number of carbonyl (C=O) groups excluding carboxylic acids is 1. The first-order valence-electron chi connectivity index (χ1n) is 5.90. The van der Waals surface area contributed by atoms with Gasteiger partial charge in [0.15, 0.2) is 5.60 Å². The van der Waals surface area contributed by atoms with Crippen molar-refractivity contribution in [1.82, 2.24) is 0 Å². The van der Waals surface area contributed by atoms with Gasteiger partial charge in [0, 0.05) is 3.57 Å². The molecule has 1 rings (SSSR count). The van der Waals surface area contributed by atoms with Gasteiger partial charge >= 0.3 is 5.97 Å². The molecule has 0 radical (unpaired) electrons. The lowest BCUT2D eigenvalue weighted by Gasteiger charge is -2.21. The van der Waals surface area contributed by atoms with E-state index in [0.717, 1.165) is 3.57 Å². The van der Waals surface area contributed by atoms with Crippen molar-refractivity contribution in [2.45, 2.75) is 19.4 Å². The fraction of sp³-hybridized carbons (Fsp3) is 0.312. The van der Waals surface area contributed by atoms with Crippen molar-refractivity contribution in [3.8, 4) is 30.4 Å². The van der Waals surface area contributed by atoms with Gasteiger partial charge in [-0.05, 0) is 54.6 Å². The van der Waals surface area contributed by atoms with Crippen LogP contribution >= 0.6 is 22.6 Å². The molecular weight excluding hydrogens is 383 g/mol. The van der Waals surface area contributed by atoms with Crippen molar-refractivity contribution in [2.75, 3.05) is 13.7 Å². The van der Waals surface area contributed by atoms with Crippen LogP contribution in [0.5, 0.6) is 5.75 Å². The molecular formula is C16H17IO4. The lowest BCUT2D eigenvalue weighted by molar-refractivity contribution is 0.0591. The molecule has 1 aromatic rings. The summed E-state index contributed by atoms with van der Waals surface area (Å²) in [6, 6.07) is 5.26. The molecule has 0 spiro atoms. The van der Waals surface area contributed by atoms with Gasteiger partial charge in [0.2, 0.25) is 0 Å². The van der Waals surface area contributed by atoms with Gasteiger partial charge in [0.25, 0.3) is 0 Å². The highest BCUT2D eigenvalue weighted by molar-refractivity contribution is 14.1. The number of carbonyl (C=O) groups is 1. The van der Waals surface area contributed by atoms with E-state index in [-0.39, 0.29) is 6.61 Å². The Kier molecular flexibility index (Phi) is 8.52. The molecule has 0 heterocycles.